The average molecular weight is 309 g/mol. The Labute approximate surface area is 103 Å². The number of benzene rings is 1. The van der Waals surface area contributed by atoms with Crippen LogP contribution in [0, 0.1) is 13.0 Å². The predicted molar refractivity (Wildman–Crippen MR) is 59.3 cm³/mol. The molecule has 0 saturated carbocycles. The summed E-state index contributed by atoms with van der Waals surface area (Å²) in [6, 6.07) is 8.88. The maximum atomic E-state index is 5.66. The van der Waals surface area contributed by atoms with Gasteiger partial charge in [0.15, 0.2) is 0 Å². The summed E-state index contributed by atoms with van der Waals surface area (Å²) in [4.78, 5) is 0. The molecule has 3 heteroatoms. The number of ether oxygens (including phenoxy) is 1. The molecule has 0 N–H and O–H groups in total. The molecule has 0 amide bonds. The van der Waals surface area contributed by atoms with Crippen LogP contribution in [0.2, 0.25) is 0 Å². The van der Waals surface area contributed by atoms with Crippen LogP contribution in [0.4, 0.5) is 0 Å². The molecule has 1 aromatic rings. The molecular formula is C11H15BrOZn. The summed E-state index contributed by atoms with van der Waals surface area (Å²) < 4.78 is 5.66. The average Bonchev–Trinajstić information content (AvgIpc) is 2.04. The minimum atomic E-state index is -0.117. The molecule has 0 aromatic heterocycles. The van der Waals surface area contributed by atoms with Crippen LogP contribution >= 0.6 is 13.6 Å². The third-order valence-corrected chi connectivity index (χ3v) is 1.34. The number of halogens is 1. The molecule has 74 valence electrons. The van der Waals surface area contributed by atoms with Crippen LogP contribution in [0.5, 0.6) is 5.75 Å². The Bertz CT molecular complexity index is 268. The van der Waals surface area contributed by atoms with Crippen molar-refractivity contribution in [3.63, 3.8) is 0 Å². The molecule has 1 rings (SSSR count). The maximum absolute atomic E-state index is 5.66. The van der Waals surface area contributed by atoms with E-state index in [0.29, 0.717) is 0 Å². The van der Waals surface area contributed by atoms with Gasteiger partial charge in [0.2, 0.25) is 0 Å². The molecule has 14 heavy (non-hydrogen) atoms. The number of hydrogen-bond donors (Lipinski definition) is 0. The van der Waals surface area contributed by atoms with E-state index in [2.05, 4.69) is 19.7 Å². The fourth-order valence-electron chi connectivity index (χ4n) is 0.975. The minimum absolute atomic E-state index is 0.117. The van der Waals surface area contributed by atoms with Crippen molar-refractivity contribution in [1.82, 2.24) is 0 Å². The predicted octanol–water partition coefficient (Wildman–Crippen LogP) is 3.82. The van der Waals surface area contributed by atoms with E-state index in [0.717, 1.165) is 11.3 Å². The zero-order valence-corrected chi connectivity index (χ0v) is 13.8. The van der Waals surface area contributed by atoms with Gasteiger partial charge in [-0.25, -0.2) is 0 Å². The van der Waals surface area contributed by atoms with Crippen molar-refractivity contribution < 1.29 is 21.1 Å². The third-order valence-electron chi connectivity index (χ3n) is 1.34. The fourth-order valence-corrected chi connectivity index (χ4v) is 0.975. The molecule has 0 aliphatic rings. The quantitative estimate of drug-likeness (QED) is 0.566. The van der Waals surface area contributed by atoms with Crippen LogP contribution in [-0.2, 0) is 16.3 Å². The summed E-state index contributed by atoms with van der Waals surface area (Å²) in [6.45, 7) is 8.13. The Morgan fingerprint density at radius 2 is 1.93 bits per heavy atom. The van der Waals surface area contributed by atoms with Crippen molar-refractivity contribution in [2.24, 2.45) is 0 Å². The van der Waals surface area contributed by atoms with Crippen LogP contribution < -0.4 is 4.74 Å². The Morgan fingerprint density at radius 1 is 1.36 bits per heavy atom. The molecule has 1 aromatic carbocycles. The first kappa shape index (κ1) is 14.1. The van der Waals surface area contributed by atoms with Gasteiger partial charge in [-0.1, -0.05) is 6.92 Å². The summed E-state index contributed by atoms with van der Waals surface area (Å²) >= 11 is 4.25. The van der Waals surface area contributed by atoms with Gasteiger partial charge in [-0.15, -0.1) is 12.1 Å². The second kappa shape index (κ2) is 6.58. The molecular weight excluding hydrogens is 293 g/mol. The van der Waals surface area contributed by atoms with Gasteiger partial charge in [0.25, 0.3) is 0 Å². The number of aryl methyl sites for hydroxylation is 1. The molecule has 0 aliphatic heterocycles. The van der Waals surface area contributed by atoms with Crippen LogP contribution in [-0.4, -0.2) is 5.60 Å². The molecule has 0 heterocycles. The van der Waals surface area contributed by atoms with Gasteiger partial charge in [0.05, 0.1) is 5.60 Å². The monoisotopic (exact) mass is 306 g/mol. The van der Waals surface area contributed by atoms with Crippen molar-refractivity contribution in [2.75, 3.05) is 0 Å². The molecule has 0 radical (unpaired) electrons. The van der Waals surface area contributed by atoms with Crippen molar-refractivity contribution in [1.29, 1.82) is 0 Å². The van der Waals surface area contributed by atoms with Gasteiger partial charge in [0, 0.05) is 5.75 Å². The summed E-state index contributed by atoms with van der Waals surface area (Å²) in [5.74, 6) is 0.916. The van der Waals surface area contributed by atoms with Crippen molar-refractivity contribution in [2.45, 2.75) is 33.3 Å². The van der Waals surface area contributed by atoms with E-state index in [1.54, 1.807) is 0 Å². The Kier molecular flexibility index (Phi) is 6.64. The topological polar surface area (TPSA) is 9.23 Å². The zero-order chi connectivity index (χ0) is 11.2. The molecule has 0 bridgehead atoms. The van der Waals surface area contributed by atoms with E-state index in [1.165, 1.54) is 16.3 Å². The van der Waals surface area contributed by atoms with Crippen LogP contribution in [0.15, 0.2) is 18.2 Å². The summed E-state index contributed by atoms with van der Waals surface area (Å²) in [6.07, 6.45) is 0. The first-order valence-electron chi connectivity index (χ1n) is 4.41. The van der Waals surface area contributed by atoms with E-state index in [4.69, 9.17) is 4.74 Å². The van der Waals surface area contributed by atoms with Crippen LogP contribution in [0.1, 0.15) is 26.3 Å². The normalized spacial score (nSPS) is 10.2. The molecule has 0 fully saturated rings. The van der Waals surface area contributed by atoms with Crippen molar-refractivity contribution in [3.05, 3.63) is 29.8 Å². The van der Waals surface area contributed by atoms with Gasteiger partial charge in [-0.05, 0) is 20.8 Å². The fraction of sp³-hybridized carbons (Fsp3) is 0.455. The van der Waals surface area contributed by atoms with E-state index >= 15 is 0 Å². The first-order valence-corrected chi connectivity index (χ1v) is 11.4. The Morgan fingerprint density at radius 3 is 2.36 bits per heavy atom. The van der Waals surface area contributed by atoms with Crippen molar-refractivity contribution in [3.8, 4) is 5.75 Å². The number of hydrogen-bond acceptors (Lipinski definition) is 1. The van der Waals surface area contributed by atoms with E-state index < -0.39 is 0 Å². The second-order valence-electron chi connectivity index (χ2n) is 3.92. The van der Waals surface area contributed by atoms with Crippen LogP contribution in [0.25, 0.3) is 0 Å². The van der Waals surface area contributed by atoms with Crippen LogP contribution in [0.3, 0.4) is 0 Å². The molecule has 0 aliphatic carbocycles. The standard InChI is InChI=1S/C11H15O.BrH.Zn/c1-9-6-5-7-10(8-9)12-11(2,3)4;;/h5,7-8H,1-4H3;1H;/q-1;;+2/p-1. The van der Waals surface area contributed by atoms with E-state index in [1.807, 2.05) is 45.9 Å². The third kappa shape index (κ3) is 6.56. The Hall–Kier alpha value is 0.123. The molecule has 0 atom stereocenters. The molecule has 0 saturated heterocycles. The van der Waals surface area contributed by atoms with Gasteiger partial charge >= 0.3 is 30.0 Å². The first-order chi connectivity index (χ1) is 6.47. The van der Waals surface area contributed by atoms with Gasteiger partial charge in [-0.2, -0.15) is 17.7 Å². The Balaban J connectivity index is 0.000000791. The van der Waals surface area contributed by atoms with E-state index in [-0.39, 0.29) is 5.60 Å². The van der Waals surface area contributed by atoms with Gasteiger partial charge in [0.1, 0.15) is 0 Å². The van der Waals surface area contributed by atoms with Crippen molar-refractivity contribution >= 4 is 13.6 Å². The number of rotatable bonds is 1. The molecule has 1 nitrogen and oxygen atoms in total. The summed E-state index contributed by atoms with van der Waals surface area (Å²) in [5.41, 5.74) is 0.991. The van der Waals surface area contributed by atoms with Gasteiger partial charge in [-0.3, -0.25) is 0 Å². The molecule has 0 spiro atoms. The summed E-state index contributed by atoms with van der Waals surface area (Å²) in [7, 11) is 0. The van der Waals surface area contributed by atoms with Gasteiger partial charge < -0.3 is 4.74 Å². The second-order valence-corrected chi connectivity index (χ2v) is 3.92. The molecule has 0 unspecified atom stereocenters. The summed E-state index contributed by atoms with van der Waals surface area (Å²) in [5, 5.41) is 0. The SMILES string of the molecule is Cc1[c-]ccc(OC(C)(C)C)c1.[Zn+][Br]. The van der Waals surface area contributed by atoms with E-state index in [9.17, 15) is 0 Å². The zero-order valence-electron chi connectivity index (χ0n) is 9.23.